The normalized spacial score (nSPS) is 16.7. The van der Waals surface area contributed by atoms with E-state index in [0.717, 1.165) is 30.3 Å². The SMILES string of the molecule is CCOC(=O)C=c1sc(=Cc2ccc(Cl)c([N+](=O)[O-])c2)c(=O)n1CC(=O)NCC1CCCO1. The van der Waals surface area contributed by atoms with Gasteiger partial charge in [-0.05, 0) is 37.5 Å². The number of aromatic nitrogens is 1. The zero-order chi connectivity index (χ0) is 24.0. The van der Waals surface area contributed by atoms with Gasteiger partial charge >= 0.3 is 5.97 Å². The number of halogens is 1. The molecule has 1 atom stereocenters. The molecule has 3 rings (SSSR count). The van der Waals surface area contributed by atoms with Crippen molar-refractivity contribution in [3.8, 4) is 0 Å². The highest BCUT2D eigenvalue weighted by Gasteiger charge is 2.17. The fraction of sp³-hybridized carbons (Fsp3) is 0.381. The summed E-state index contributed by atoms with van der Waals surface area (Å²) in [5.74, 6) is -1.06. The quantitative estimate of drug-likeness (QED) is 0.327. The molecular formula is C21H22ClN3O7S. The van der Waals surface area contributed by atoms with Gasteiger partial charge in [-0.15, -0.1) is 11.3 Å². The fourth-order valence-electron chi connectivity index (χ4n) is 3.22. The van der Waals surface area contributed by atoms with Crippen LogP contribution in [0.2, 0.25) is 5.02 Å². The minimum atomic E-state index is -0.652. The first kappa shape index (κ1) is 24.6. The number of nitrogens with one attached hydrogen (secondary N) is 1. The second-order valence-electron chi connectivity index (χ2n) is 7.14. The largest absolute Gasteiger partial charge is 0.463 e. The minimum absolute atomic E-state index is 0.0278. The Morgan fingerprint density at radius 1 is 1.45 bits per heavy atom. The molecule has 1 N–H and O–H groups in total. The van der Waals surface area contributed by atoms with E-state index in [1.54, 1.807) is 6.92 Å². The Morgan fingerprint density at radius 2 is 2.24 bits per heavy atom. The number of esters is 1. The molecule has 10 nitrogen and oxygen atoms in total. The molecule has 0 aliphatic carbocycles. The number of rotatable bonds is 8. The van der Waals surface area contributed by atoms with Gasteiger partial charge in [-0.2, -0.15) is 0 Å². The van der Waals surface area contributed by atoms with Crippen LogP contribution in [0.15, 0.2) is 23.0 Å². The lowest BCUT2D eigenvalue weighted by Crippen LogP contribution is -2.40. The van der Waals surface area contributed by atoms with Gasteiger partial charge in [0.15, 0.2) is 0 Å². The Labute approximate surface area is 197 Å². The van der Waals surface area contributed by atoms with E-state index in [0.29, 0.717) is 18.7 Å². The van der Waals surface area contributed by atoms with Gasteiger partial charge in [-0.3, -0.25) is 24.3 Å². The summed E-state index contributed by atoms with van der Waals surface area (Å²) in [4.78, 5) is 48.0. The van der Waals surface area contributed by atoms with Crippen LogP contribution in [0.25, 0.3) is 12.2 Å². The van der Waals surface area contributed by atoms with E-state index < -0.39 is 22.4 Å². The van der Waals surface area contributed by atoms with Gasteiger partial charge < -0.3 is 14.8 Å². The molecule has 1 aromatic carbocycles. The summed E-state index contributed by atoms with van der Waals surface area (Å²) < 4.78 is 12.0. The topological polar surface area (TPSA) is 130 Å². The number of benzene rings is 1. The van der Waals surface area contributed by atoms with E-state index in [2.05, 4.69) is 5.32 Å². The van der Waals surface area contributed by atoms with Crippen molar-refractivity contribution in [3.05, 3.63) is 58.4 Å². The monoisotopic (exact) mass is 495 g/mol. The predicted molar refractivity (Wildman–Crippen MR) is 123 cm³/mol. The standard InChI is InChI=1S/C21H22ClN3O7S/c1-2-31-20(27)10-19-24(12-18(26)23-11-14-4-3-7-32-14)21(28)17(33-19)9-13-5-6-15(22)16(8-13)25(29)30/h5-6,8-10,14H,2-4,7,11-12H2,1H3,(H,23,26). The molecule has 176 valence electrons. The third-order valence-electron chi connectivity index (χ3n) is 4.78. The van der Waals surface area contributed by atoms with E-state index in [9.17, 15) is 24.5 Å². The van der Waals surface area contributed by atoms with Crippen molar-refractivity contribution in [2.75, 3.05) is 19.8 Å². The van der Waals surface area contributed by atoms with E-state index in [4.69, 9.17) is 21.1 Å². The van der Waals surface area contributed by atoms with Crippen molar-refractivity contribution < 1.29 is 24.0 Å². The van der Waals surface area contributed by atoms with Crippen LogP contribution in [0, 0.1) is 10.1 Å². The highest BCUT2D eigenvalue weighted by Crippen LogP contribution is 2.25. The number of hydrogen-bond acceptors (Lipinski definition) is 8. The highest BCUT2D eigenvalue weighted by atomic mass is 35.5. The molecule has 0 spiro atoms. The zero-order valence-electron chi connectivity index (χ0n) is 17.7. The first-order chi connectivity index (χ1) is 15.8. The fourth-order valence-corrected chi connectivity index (χ4v) is 4.44. The van der Waals surface area contributed by atoms with Gasteiger partial charge in [-0.25, -0.2) is 4.79 Å². The van der Waals surface area contributed by atoms with Crippen molar-refractivity contribution in [1.29, 1.82) is 0 Å². The number of carbonyl (C=O) groups is 2. The molecule has 0 radical (unpaired) electrons. The van der Waals surface area contributed by atoms with Crippen LogP contribution in [0.3, 0.4) is 0 Å². The van der Waals surface area contributed by atoms with Crippen molar-refractivity contribution in [2.24, 2.45) is 0 Å². The number of nitro groups is 1. The Bertz CT molecular complexity index is 1230. The first-order valence-corrected chi connectivity index (χ1v) is 11.4. The number of hydrogen-bond donors (Lipinski definition) is 1. The smallest absolute Gasteiger partial charge is 0.333 e. The Morgan fingerprint density at radius 3 is 2.91 bits per heavy atom. The second-order valence-corrected chi connectivity index (χ2v) is 8.61. The molecule has 1 aromatic heterocycles. The lowest BCUT2D eigenvalue weighted by Gasteiger charge is -2.10. The summed E-state index contributed by atoms with van der Waals surface area (Å²) in [6, 6.07) is 4.14. The van der Waals surface area contributed by atoms with Crippen molar-refractivity contribution in [3.63, 3.8) is 0 Å². The van der Waals surface area contributed by atoms with Crippen LogP contribution >= 0.6 is 22.9 Å². The van der Waals surface area contributed by atoms with Crippen LogP contribution in [0.4, 0.5) is 5.69 Å². The van der Waals surface area contributed by atoms with E-state index in [1.165, 1.54) is 28.8 Å². The number of thiazole rings is 1. The maximum atomic E-state index is 13.0. The lowest BCUT2D eigenvalue weighted by molar-refractivity contribution is -0.384. The maximum absolute atomic E-state index is 13.0. The van der Waals surface area contributed by atoms with E-state index in [1.807, 2.05) is 0 Å². The minimum Gasteiger partial charge on any atom is -0.463 e. The molecule has 1 aliphatic rings. The average molecular weight is 496 g/mol. The van der Waals surface area contributed by atoms with Gasteiger partial charge in [0.05, 0.1) is 28.2 Å². The number of nitro benzene ring substituents is 1. The van der Waals surface area contributed by atoms with Crippen LogP contribution in [0.5, 0.6) is 0 Å². The zero-order valence-corrected chi connectivity index (χ0v) is 19.3. The van der Waals surface area contributed by atoms with Gasteiger partial charge in [0.2, 0.25) is 5.91 Å². The molecule has 0 saturated carbocycles. The molecule has 1 saturated heterocycles. The maximum Gasteiger partial charge on any atom is 0.333 e. The average Bonchev–Trinajstić information content (AvgIpc) is 3.38. The number of carbonyl (C=O) groups excluding carboxylic acids is 2. The summed E-state index contributed by atoms with van der Waals surface area (Å²) >= 11 is 6.82. The van der Waals surface area contributed by atoms with Crippen LogP contribution < -0.4 is 20.1 Å². The molecule has 2 heterocycles. The number of ether oxygens (including phenoxy) is 2. The Balaban J connectivity index is 1.96. The van der Waals surface area contributed by atoms with Gasteiger partial charge in [-0.1, -0.05) is 17.7 Å². The third-order valence-corrected chi connectivity index (χ3v) is 6.16. The van der Waals surface area contributed by atoms with Crippen LogP contribution in [-0.4, -0.2) is 47.2 Å². The second kappa shape index (κ2) is 11.2. The van der Waals surface area contributed by atoms with Crippen LogP contribution in [0.1, 0.15) is 25.3 Å². The summed E-state index contributed by atoms with van der Waals surface area (Å²) in [6.45, 7) is 2.49. The van der Waals surface area contributed by atoms with Crippen molar-refractivity contribution in [2.45, 2.75) is 32.4 Å². The highest BCUT2D eigenvalue weighted by molar-refractivity contribution is 7.07. The van der Waals surface area contributed by atoms with Gasteiger partial charge in [0, 0.05) is 19.2 Å². The molecule has 0 bridgehead atoms. The summed E-state index contributed by atoms with van der Waals surface area (Å²) in [6.07, 6.45) is 4.32. The Kier molecular flexibility index (Phi) is 8.37. The molecule has 1 aliphatic heterocycles. The molecule has 2 aromatic rings. The molecule has 1 amide bonds. The van der Waals surface area contributed by atoms with Gasteiger partial charge in [0.1, 0.15) is 16.2 Å². The predicted octanol–water partition coefficient (Wildman–Crippen LogP) is 0.939. The molecule has 12 heteroatoms. The first-order valence-electron chi connectivity index (χ1n) is 10.2. The summed E-state index contributed by atoms with van der Waals surface area (Å²) in [5, 5.41) is 13.9. The Hall–Kier alpha value is -3.02. The van der Waals surface area contributed by atoms with Crippen molar-refractivity contribution >= 4 is 52.7 Å². The molecular weight excluding hydrogens is 474 g/mol. The number of nitrogens with zero attached hydrogens (tertiary/aromatic N) is 2. The lowest BCUT2D eigenvalue weighted by atomic mass is 10.2. The van der Waals surface area contributed by atoms with Crippen LogP contribution in [-0.2, 0) is 25.6 Å². The third kappa shape index (κ3) is 6.50. The van der Waals surface area contributed by atoms with E-state index in [-0.39, 0.29) is 39.2 Å². The van der Waals surface area contributed by atoms with E-state index >= 15 is 0 Å². The van der Waals surface area contributed by atoms with Crippen molar-refractivity contribution in [1.82, 2.24) is 9.88 Å². The summed E-state index contributed by atoms with van der Waals surface area (Å²) in [7, 11) is 0. The molecule has 1 unspecified atom stereocenters. The molecule has 1 fully saturated rings. The molecule has 33 heavy (non-hydrogen) atoms. The van der Waals surface area contributed by atoms with Gasteiger partial charge in [0.25, 0.3) is 11.2 Å². The number of amides is 1. The summed E-state index contributed by atoms with van der Waals surface area (Å²) in [5.41, 5.74) is -0.434.